The topological polar surface area (TPSA) is 70.6 Å². The number of rotatable bonds is 7. The van der Waals surface area contributed by atoms with E-state index < -0.39 is 18.0 Å². The lowest BCUT2D eigenvalue weighted by Gasteiger charge is -2.27. The first-order valence-corrected chi connectivity index (χ1v) is 8.44. The molecule has 2 rings (SSSR count). The van der Waals surface area contributed by atoms with E-state index in [0.717, 1.165) is 19.3 Å². The van der Waals surface area contributed by atoms with Crippen molar-refractivity contribution in [2.45, 2.75) is 58.7 Å². The molecule has 2 amide bonds. The zero-order valence-electron chi connectivity index (χ0n) is 14.6. The molecule has 0 bridgehead atoms. The van der Waals surface area contributed by atoms with Crippen molar-refractivity contribution < 1.29 is 19.0 Å². The number of urea groups is 1. The number of nitrogens with one attached hydrogen (secondary N) is 2. The van der Waals surface area contributed by atoms with E-state index in [4.69, 9.17) is 4.74 Å². The van der Waals surface area contributed by atoms with E-state index in [-0.39, 0.29) is 17.3 Å². The number of hydrogen-bond donors (Lipinski definition) is 3. The number of carbonyl (C=O) groups is 1. The molecule has 1 atom stereocenters. The first-order chi connectivity index (χ1) is 11.2. The standard InChI is InChI=1S/C18H27FN2O3/c1-12(22)10-18(2,3)11-20-17(23)21-13-7-8-16(15(19)9-13)24-14-5-4-6-14/h7-9,12,14,22H,4-6,10-11H2,1-3H3,(H2,20,21,23). The first kappa shape index (κ1) is 18.5. The molecule has 0 aromatic heterocycles. The molecular formula is C18H27FN2O3. The van der Waals surface area contributed by atoms with Crippen LogP contribution in [0.4, 0.5) is 14.9 Å². The van der Waals surface area contributed by atoms with Crippen molar-refractivity contribution in [3.8, 4) is 5.75 Å². The Balaban J connectivity index is 1.84. The van der Waals surface area contributed by atoms with Gasteiger partial charge in [0.15, 0.2) is 11.6 Å². The van der Waals surface area contributed by atoms with Crippen LogP contribution in [-0.2, 0) is 0 Å². The van der Waals surface area contributed by atoms with Gasteiger partial charge in [0.25, 0.3) is 0 Å². The minimum absolute atomic E-state index is 0.109. The summed E-state index contributed by atoms with van der Waals surface area (Å²) in [6.45, 7) is 6.06. The number of benzene rings is 1. The summed E-state index contributed by atoms with van der Waals surface area (Å²) in [6.07, 6.45) is 3.31. The summed E-state index contributed by atoms with van der Waals surface area (Å²) < 4.78 is 19.6. The summed E-state index contributed by atoms with van der Waals surface area (Å²) in [4.78, 5) is 11.9. The molecule has 0 heterocycles. The van der Waals surface area contributed by atoms with Gasteiger partial charge < -0.3 is 20.5 Å². The second kappa shape index (κ2) is 7.83. The minimum Gasteiger partial charge on any atom is -0.487 e. The zero-order valence-corrected chi connectivity index (χ0v) is 14.6. The number of hydrogen-bond acceptors (Lipinski definition) is 3. The predicted octanol–water partition coefficient (Wildman–Crippen LogP) is 3.68. The van der Waals surface area contributed by atoms with E-state index >= 15 is 0 Å². The Morgan fingerprint density at radius 2 is 2.17 bits per heavy atom. The molecule has 6 heteroatoms. The summed E-state index contributed by atoms with van der Waals surface area (Å²) in [5.74, 6) is -0.252. The molecule has 1 aromatic carbocycles. The maximum absolute atomic E-state index is 14.0. The lowest BCUT2D eigenvalue weighted by Crippen LogP contribution is -2.38. The number of halogens is 1. The molecule has 1 aliphatic carbocycles. The normalized spacial score (nSPS) is 16.2. The van der Waals surface area contributed by atoms with E-state index in [1.54, 1.807) is 19.1 Å². The third kappa shape index (κ3) is 5.67. The van der Waals surface area contributed by atoms with E-state index in [1.807, 2.05) is 13.8 Å². The van der Waals surface area contributed by atoms with Gasteiger partial charge in [-0.2, -0.15) is 0 Å². The Hall–Kier alpha value is -1.82. The number of aliphatic hydroxyl groups is 1. The summed E-state index contributed by atoms with van der Waals surface area (Å²) in [7, 11) is 0. The maximum Gasteiger partial charge on any atom is 0.319 e. The molecule has 24 heavy (non-hydrogen) atoms. The Labute approximate surface area is 142 Å². The largest absolute Gasteiger partial charge is 0.487 e. The van der Waals surface area contributed by atoms with Crippen molar-refractivity contribution in [3.63, 3.8) is 0 Å². The molecule has 0 aliphatic heterocycles. The van der Waals surface area contributed by atoms with Gasteiger partial charge in [0, 0.05) is 18.3 Å². The molecule has 1 unspecified atom stereocenters. The molecule has 134 valence electrons. The highest BCUT2D eigenvalue weighted by Gasteiger charge is 2.22. The van der Waals surface area contributed by atoms with E-state index in [9.17, 15) is 14.3 Å². The van der Waals surface area contributed by atoms with Crippen molar-refractivity contribution in [1.29, 1.82) is 0 Å². The molecule has 0 radical (unpaired) electrons. The van der Waals surface area contributed by atoms with Crippen LogP contribution in [0, 0.1) is 11.2 Å². The molecular weight excluding hydrogens is 311 g/mol. The van der Waals surface area contributed by atoms with E-state index in [2.05, 4.69) is 10.6 Å². The van der Waals surface area contributed by atoms with Crippen LogP contribution in [0.1, 0.15) is 46.5 Å². The Morgan fingerprint density at radius 3 is 2.71 bits per heavy atom. The van der Waals surface area contributed by atoms with Gasteiger partial charge in [-0.1, -0.05) is 13.8 Å². The molecule has 1 aromatic rings. The quantitative estimate of drug-likeness (QED) is 0.710. The molecule has 5 nitrogen and oxygen atoms in total. The van der Waals surface area contributed by atoms with Gasteiger partial charge >= 0.3 is 6.03 Å². The van der Waals surface area contributed by atoms with E-state index in [0.29, 0.717) is 18.7 Å². The van der Waals surface area contributed by atoms with Crippen molar-refractivity contribution >= 4 is 11.7 Å². The van der Waals surface area contributed by atoms with Crippen LogP contribution in [0.15, 0.2) is 18.2 Å². The van der Waals surface area contributed by atoms with Crippen molar-refractivity contribution in [3.05, 3.63) is 24.0 Å². The number of amides is 2. The van der Waals surface area contributed by atoms with Gasteiger partial charge in [0.05, 0.1) is 12.2 Å². The summed E-state index contributed by atoms with van der Waals surface area (Å²) in [5, 5.41) is 14.8. The summed E-state index contributed by atoms with van der Waals surface area (Å²) in [6, 6.07) is 4.02. The van der Waals surface area contributed by atoms with Gasteiger partial charge in [-0.3, -0.25) is 0 Å². The van der Waals surface area contributed by atoms with Crippen molar-refractivity contribution in [2.24, 2.45) is 5.41 Å². The van der Waals surface area contributed by atoms with E-state index in [1.165, 1.54) is 6.07 Å². The summed E-state index contributed by atoms with van der Waals surface area (Å²) >= 11 is 0. The second-order valence-corrected chi connectivity index (χ2v) is 7.34. The molecule has 1 saturated carbocycles. The van der Waals surface area contributed by atoms with Gasteiger partial charge in [0.2, 0.25) is 0 Å². The zero-order chi connectivity index (χ0) is 17.7. The molecule has 0 saturated heterocycles. The third-order valence-electron chi connectivity index (χ3n) is 4.11. The Morgan fingerprint density at radius 1 is 1.46 bits per heavy atom. The SMILES string of the molecule is CC(O)CC(C)(C)CNC(=O)Nc1ccc(OC2CCC2)c(F)c1. The molecule has 0 spiro atoms. The van der Waals surface area contributed by atoms with Gasteiger partial charge in [-0.05, 0) is 50.2 Å². The smallest absolute Gasteiger partial charge is 0.319 e. The minimum atomic E-state index is -0.478. The highest BCUT2D eigenvalue weighted by Crippen LogP contribution is 2.28. The maximum atomic E-state index is 14.0. The number of ether oxygens (including phenoxy) is 1. The highest BCUT2D eigenvalue weighted by molar-refractivity contribution is 5.89. The van der Waals surface area contributed by atoms with Crippen LogP contribution in [-0.4, -0.2) is 29.9 Å². The van der Waals surface area contributed by atoms with Crippen LogP contribution in [0.3, 0.4) is 0 Å². The summed E-state index contributed by atoms with van der Waals surface area (Å²) in [5.41, 5.74) is 0.149. The molecule has 1 aliphatic rings. The van der Waals surface area contributed by atoms with Crippen LogP contribution in [0.5, 0.6) is 5.75 Å². The second-order valence-electron chi connectivity index (χ2n) is 7.34. The lowest BCUT2D eigenvalue weighted by molar-refractivity contribution is 0.115. The lowest BCUT2D eigenvalue weighted by atomic mass is 9.87. The number of anilines is 1. The van der Waals surface area contributed by atoms with Crippen LogP contribution >= 0.6 is 0 Å². The average Bonchev–Trinajstić information content (AvgIpc) is 2.41. The Kier molecular flexibility index (Phi) is 6.04. The van der Waals surface area contributed by atoms with Crippen LogP contribution in [0.2, 0.25) is 0 Å². The highest BCUT2D eigenvalue weighted by atomic mass is 19.1. The van der Waals surface area contributed by atoms with Crippen molar-refractivity contribution in [2.75, 3.05) is 11.9 Å². The fourth-order valence-electron chi connectivity index (χ4n) is 2.71. The first-order valence-electron chi connectivity index (χ1n) is 8.44. The fourth-order valence-corrected chi connectivity index (χ4v) is 2.71. The third-order valence-corrected chi connectivity index (χ3v) is 4.11. The van der Waals surface area contributed by atoms with Gasteiger partial charge in [0.1, 0.15) is 0 Å². The fraction of sp³-hybridized carbons (Fsp3) is 0.611. The van der Waals surface area contributed by atoms with Crippen LogP contribution in [0.25, 0.3) is 0 Å². The Bertz CT molecular complexity index is 571. The average molecular weight is 338 g/mol. The number of aliphatic hydroxyl groups excluding tert-OH is 1. The predicted molar refractivity (Wildman–Crippen MR) is 91.8 cm³/mol. The molecule has 3 N–H and O–H groups in total. The van der Waals surface area contributed by atoms with Gasteiger partial charge in [-0.25, -0.2) is 9.18 Å². The monoisotopic (exact) mass is 338 g/mol. The van der Waals surface area contributed by atoms with Crippen LogP contribution < -0.4 is 15.4 Å². The van der Waals surface area contributed by atoms with Crippen molar-refractivity contribution in [1.82, 2.24) is 5.32 Å². The van der Waals surface area contributed by atoms with Gasteiger partial charge in [-0.15, -0.1) is 0 Å². The molecule has 1 fully saturated rings. The number of carbonyl (C=O) groups excluding carboxylic acids is 1.